The van der Waals surface area contributed by atoms with Crippen molar-refractivity contribution in [3.05, 3.63) is 0 Å². The van der Waals surface area contributed by atoms with Crippen molar-refractivity contribution in [1.82, 2.24) is 20.9 Å². The zero-order valence-corrected chi connectivity index (χ0v) is 23.6. The second-order valence-electron chi connectivity index (χ2n) is 13.9. The van der Waals surface area contributed by atoms with Crippen molar-refractivity contribution in [3.8, 4) is 0 Å². The van der Waals surface area contributed by atoms with Gasteiger partial charge in [0, 0.05) is 12.1 Å². The number of rotatable bonds is 8. The van der Waals surface area contributed by atoms with Crippen LogP contribution in [0.5, 0.6) is 0 Å². The van der Waals surface area contributed by atoms with E-state index in [0.717, 1.165) is 19.3 Å². The third kappa shape index (κ3) is 6.26. The van der Waals surface area contributed by atoms with Gasteiger partial charge in [-0.15, -0.1) is 0 Å². The van der Waals surface area contributed by atoms with Crippen molar-refractivity contribution in [1.29, 1.82) is 0 Å². The molecule has 0 spiro atoms. The van der Waals surface area contributed by atoms with E-state index in [1.807, 2.05) is 41.5 Å². The Hall–Kier alpha value is -2.65. The first-order valence-electron chi connectivity index (χ1n) is 13.4. The molecule has 3 aliphatic rings. The lowest BCUT2D eigenvalue weighted by Gasteiger charge is -2.38. The van der Waals surface area contributed by atoms with Crippen LogP contribution in [-0.2, 0) is 19.2 Å². The molecule has 2 saturated carbocycles. The van der Waals surface area contributed by atoms with Crippen molar-refractivity contribution in [2.24, 2.45) is 34.3 Å². The number of likely N-dealkylation sites (tertiary alicyclic amines) is 1. The molecule has 0 aromatic heterocycles. The van der Waals surface area contributed by atoms with Gasteiger partial charge >= 0.3 is 6.03 Å². The highest BCUT2D eigenvalue weighted by atomic mass is 16.2. The first kappa shape index (κ1) is 28.9. The first-order chi connectivity index (χ1) is 16.8. The molecule has 1 aliphatic heterocycles. The van der Waals surface area contributed by atoms with Crippen molar-refractivity contribution < 1.29 is 24.0 Å². The van der Waals surface area contributed by atoms with Crippen molar-refractivity contribution in [2.45, 2.75) is 105 Å². The monoisotopic (exact) mass is 519 g/mol. The number of hydrogen-bond donors (Lipinski definition) is 4. The molecule has 0 aromatic rings. The van der Waals surface area contributed by atoms with E-state index in [0.29, 0.717) is 13.0 Å². The van der Waals surface area contributed by atoms with Crippen molar-refractivity contribution in [3.63, 3.8) is 0 Å². The van der Waals surface area contributed by atoms with Crippen LogP contribution in [0.25, 0.3) is 0 Å². The second kappa shape index (κ2) is 9.91. The lowest BCUT2D eigenvalue weighted by Crippen LogP contribution is -2.62. The molecule has 208 valence electrons. The van der Waals surface area contributed by atoms with Crippen molar-refractivity contribution in [2.75, 3.05) is 6.54 Å². The van der Waals surface area contributed by atoms with E-state index in [2.05, 4.69) is 29.8 Å². The number of Topliss-reactive ketones (excluding diaryl/α,β-unsaturated/α-hetero) is 1. The maximum atomic E-state index is 13.9. The van der Waals surface area contributed by atoms with Crippen LogP contribution in [0.1, 0.15) is 81.1 Å². The number of fused-ring (bicyclic) bond motifs is 1. The van der Waals surface area contributed by atoms with Gasteiger partial charge in [-0.3, -0.25) is 19.2 Å². The minimum absolute atomic E-state index is 0.0755. The van der Waals surface area contributed by atoms with Gasteiger partial charge in [0.05, 0.1) is 6.04 Å². The van der Waals surface area contributed by atoms with Crippen LogP contribution in [0.4, 0.5) is 4.79 Å². The number of urea groups is 1. The minimum atomic E-state index is -1.07. The van der Waals surface area contributed by atoms with Gasteiger partial charge in [0.15, 0.2) is 0 Å². The number of carbonyl (C=O) groups excluding carboxylic acids is 5. The van der Waals surface area contributed by atoms with Gasteiger partial charge in [-0.05, 0) is 55.8 Å². The summed E-state index contributed by atoms with van der Waals surface area (Å²) in [6, 6.07) is -3.13. The highest BCUT2D eigenvalue weighted by molar-refractivity contribution is 6.37. The Bertz CT molecular complexity index is 959. The van der Waals surface area contributed by atoms with E-state index >= 15 is 0 Å². The first-order valence-corrected chi connectivity index (χ1v) is 13.4. The predicted molar refractivity (Wildman–Crippen MR) is 139 cm³/mol. The number of nitrogens with two attached hydrogens (primary N) is 1. The summed E-state index contributed by atoms with van der Waals surface area (Å²) in [7, 11) is 0. The Balaban J connectivity index is 1.83. The fourth-order valence-corrected chi connectivity index (χ4v) is 5.86. The van der Waals surface area contributed by atoms with E-state index in [4.69, 9.17) is 5.73 Å². The Morgan fingerprint density at radius 2 is 1.59 bits per heavy atom. The van der Waals surface area contributed by atoms with Crippen molar-refractivity contribution >= 4 is 29.5 Å². The van der Waals surface area contributed by atoms with Crippen LogP contribution in [-0.4, -0.2) is 64.6 Å². The zero-order chi connectivity index (χ0) is 28.1. The zero-order valence-electron chi connectivity index (χ0n) is 23.6. The van der Waals surface area contributed by atoms with Crippen LogP contribution in [0.15, 0.2) is 0 Å². The maximum absolute atomic E-state index is 13.9. The molecule has 3 fully saturated rings. The Morgan fingerprint density at radius 3 is 2.05 bits per heavy atom. The number of piperidine rings is 1. The minimum Gasteiger partial charge on any atom is -0.363 e. The highest BCUT2D eigenvalue weighted by Gasteiger charge is 2.70. The van der Waals surface area contributed by atoms with E-state index in [-0.39, 0.29) is 29.1 Å². The van der Waals surface area contributed by atoms with E-state index in [1.54, 1.807) is 4.90 Å². The third-order valence-corrected chi connectivity index (χ3v) is 8.31. The normalized spacial score (nSPS) is 26.3. The fourth-order valence-electron chi connectivity index (χ4n) is 5.86. The summed E-state index contributed by atoms with van der Waals surface area (Å²) >= 11 is 0. The highest BCUT2D eigenvalue weighted by Crippen LogP contribution is 2.65. The van der Waals surface area contributed by atoms with Gasteiger partial charge < -0.3 is 26.6 Å². The lowest BCUT2D eigenvalue weighted by molar-refractivity contribution is -0.145. The summed E-state index contributed by atoms with van der Waals surface area (Å²) in [5.74, 6) is -2.35. The molecule has 10 heteroatoms. The van der Waals surface area contributed by atoms with Gasteiger partial charge in [-0.1, -0.05) is 53.9 Å². The van der Waals surface area contributed by atoms with Crippen LogP contribution in [0, 0.1) is 28.6 Å². The molecule has 1 heterocycles. The largest absolute Gasteiger partial charge is 0.363 e. The number of hydrogen-bond acceptors (Lipinski definition) is 5. The van der Waals surface area contributed by atoms with E-state index in [1.165, 1.54) is 0 Å². The van der Waals surface area contributed by atoms with E-state index < -0.39 is 52.7 Å². The molecule has 0 aromatic carbocycles. The molecule has 1 saturated heterocycles. The van der Waals surface area contributed by atoms with Gasteiger partial charge in [-0.25, -0.2) is 4.79 Å². The summed E-state index contributed by atoms with van der Waals surface area (Å²) in [5.41, 5.74) is 4.04. The molecule has 4 unspecified atom stereocenters. The molecule has 0 bridgehead atoms. The molecular weight excluding hydrogens is 474 g/mol. The quantitative estimate of drug-likeness (QED) is 0.360. The standard InChI is InChI=1S/C27H45N5O5/c1-25(2,3)20(30-24(37)31-26(4,5)6)23(36)32-13-15-17(27(15,7)8)18(32)22(35)29-16(19(33)21(28)34)12-14-10-9-11-14/h14-18,20H,9-13H2,1-8H3,(H2,28,34)(H,29,35)(H2,30,31,37)/t15?,16?,17?,18-,20?/m0/s1. The Kier molecular flexibility index (Phi) is 7.74. The van der Waals surface area contributed by atoms with Gasteiger partial charge in [0.2, 0.25) is 17.6 Å². The molecule has 5 amide bonds. The van der Waals surface area contributed by atoms with Gasteiger partial charge in [-0.2, -0.15) is 0 Å². The van der Waals surface area contributed by atoms with Crippen LogP contribution in [0.3, 0.4) is 0 Å². The number of nitrogens with one attached hydrogen (secondary N) is 3. The third-order valence-electron chi connectivity index (χ3n) is 8.31. The molecule has 37 heavy (non-hydrogen) atoms. The topological polar surface area (TPSA) is 151 Å². The number of carbonyl (C=O) groups is 5. The average molecular weight is 520 g/mol. The number of amides is 5. The molecular formula is C27H45N5O5. The summed E-state index contributed by atoms with van der Waals surface area (Å²) < 4.78 is 0. The lowest BCUT2D eigenvalue weighted by atomic mass is 9.80. The van der Waals surface area contributed by atoms with Crippen LogP contribution >= 0.6 is 0 Å². The molecule has 0 radical (unpaired) electrons. The van der Waals surface area contributed by atoms with Crippen LogP contribution < -0.4 is 21.7 Å². The van der Waals surface area contributed by atoms with E-state index in [9.17, 15) is 24.0 Å². The summed E-state index contributed by atoms with van der Waals surface area (Å²) in [6.07, 6.45) is 3.31. The smallest absolute Gasteiger partial charge is 0.315 e. The second-order valence-corrected chi connectivity index (χ2v) is 13.9. The number of nitrogens with zero attached hydrogens (tertiary/aromatic N) is 1. The molecule has 5 N–H and O–H groups in total. The Labute approximate surface area is 220 Å². The summed E-state index contributed by atoms with van der Waals surface area (Å²) in [6.45, 7) is 15.7. The molecule has 5 atom stereocenters. The predicted octanol–water partition coefficient (Wildman–Crippen LogP) is 1.71. The molecule has 3 rings (SSSR count). The summed E-state index contributed by atoms with van der Waals surface area (Å²) in [5, 5.41) is 8.44. The summed E-state index contributed by atoms with van der Waals surface area (Å²) in [4.78, 5) is 66.1. The molecule has 2 aliphatic carbocycles. The average Bonchev–Trinajstić information content (AvgIpc) is 3.06. The maximum Gasteiger partial charge on any atom is 0.315 e. The van der Waals surface area contributed by atoms with Gasteiger partial charge in [0.1, 0.15) is 12.1 Å². The number of ketones is 1. The van der Waals surface area contributed by atoms with Crippen LogP contribution in [0.2, 0.25) is 0 Å². The SMILES string of the molecule is CC(C)(C)NC(=O)NC(C(=O)N1CC2C([C@H]1C(=O)NC(CC1CCC1)C(=O)C(N)=O)C2(C)C)C(C)(C)C. The Morgan fingerprint density at radius 1 is 1.00 bits per heavy atom. The molecule has 10 nitrogen and oxygen atoms in total. The van der Waals surface area contributed by atoms with Gasteiger partial charge in [0.25, 0.3) is 5.91 Å². The fraction of sp³-hybridized carbons (Fsp3) is 0.815. The number of primary amides is 1.